The van der Waals surface area contributed by atoms with Crippen molar-refractivity contribution in [3.05, 3.63) is 48.0 Å². The fourth-order valence-corrected chi connectivity index (χ4v) is 2.32. The second kappa shape index (κ2) is 6.66. The SMILES string of the molecule is COC(OC)C(C)NCc1cccc2ccccc12. The van der Waals surface area contributed by atoms with Crippen LogP contribution in [0.25, 0.3) is 10.8 Å². The molecule has 1 N–H and O–H groups in total. The van der Waals surface area contributed by atoms with E-state index in [-0.39, 0.29) is 12.3 Å². The normalized spacial score (nSPS) is 13.1. The Kier molecular flexibility index (Phi) is 4.91. The molecule has 0 aromatic heterocycles. The molecule has 0 radical (unpaired) electrons. The van der Waals surface area contributed by atoms with Gasteiger partial charge in [-0.2, -0.15) is 0 Å². The molecule has 0 aliphatic heterocycles. The molecule has 0 fully saturated rings. The van der Waals surface area contributed by atoms with Crippen LogP contribution in [-0.4, -0.2) is 26.6 Å². The number of rotatable bonds is 6. The van der Waals surface area contributed by atoms with E-state index in [1.54, 1.807) is 14.2 Å². The summed E-state index contributed by atoms with van der Waals surface area (Å²) < 4.78 is 10.5. The van der Waals surface area contributed by atoms with Gasteiger partial charge in [0.2, 0.25) is 0 Å². The Morgan fingerprint density at radius 1 is 1.00 bits per heavy atom. The average Bonchev–Trinajstić information content (AvgIpc) is 2.46. The molecule has 1 unspecified atom stereocenters. The highest BCUT2D eigenvalue weighted by atomic mass is 16.7. The summed E-state index contributed by atoms with van der Waals surface area (Å²) in [5.41, 5.74) is 1.29. The van der Waals surface area contributed by atoms with E-state index in [1.807, 2.05) is 0 Å². The van der Waals surface area contributed by atoms with E-state index in [0.717, 1.165) is 6.54 Å². The van der Waals surface area contributed by atoms with Crippen molar-refractivity contribution in [3.8, 4) is 0 Å². The van der Waals surface area contributed by atoms with Gasteiger partial charge in [0.15, 0.2) is 6.29 Å². The molecule has 2 aromatic carbocycles. The van der Waals surface area contributed by atoms with Crippen molar-refractivity contribution < 1.29 is 9.47 Å². The highest BCUT2D eigenvalue weighted by Crippen LogP contribution is 2.18. The van der Waals surface area contributed by atoms with E-state index in [2.05, 4.69) is 54.7 Å². The van der Waals surface area contributed by atoms with Crippen LogP contribution in [0, 0.1) is 0 Å². The third-order valence-electron chi connectivity index (χ3n) is 3.37. The summed E-state index contributed by atoms with van der Waals surface area (Å²) in [6, 6.07) is 14.9. The number of nitrogens with one attached hydrogen (secondary N) is 1. The Morgan fingerprint density at radius 2 is 1.68 bits per heavy atom. The van der Waals surface area contributed by atoms with Gasteiger partial charge in [0.25, 0.3) is 0 Å². The highest BCUT2D eigenvalue weighted by Gasteiger charge is 2.15. The van der Waals surface area contributed by atoms with E-state index >= 15 is 0 Å². The largest absolute Gasteiger partial charge is 0.354 e. The van der Waals surface area contributed by atoms with Crippen LogP contribution in [0.1, 0.15) is 12.5 Å². The molecule has 0 aliphatic carbocycles. The first kappa shape index (κ1) is 14.0. The smallest absolute Gasteiger partial charge is 0.171 e. The van der Waals surface area contributed by atoms with Crippen molar-refractivity contribution in [2.45, 2.75) is 25.8 Å². The Bertz CT molecular complexity index is 518. The topological polar surface area (TPSA) is 30.5 Å². The first-order chi connectivity index (χ1) is 9.26. The third-order valence-corrected chi connectivity index (χ3v) is 3.37. The van der Waals surface area contributed by atoms with Gasteiger partial charge in [-0.15, -0.1) is 0 Å². The first-order valence-corrected chi connectivity index (χ1v) is 6.52. The lowest BCUT2D eigenvalue weighted by Crippen LogP contribution is -2.39. The van der Waals surface area contributed by atoms with Gasteiger partial charge in [-0.05, 0) is 23.3 Å². The summed E-state index contributed by atoms with van der Waals surface area (Å²) in [5, 5.41) is 6.00. The van der Waals surface area contributed by atoms with Crippen LogP contribution in [0.5, 0.6) is 0 Å². The third kappa shape index (κ3) is 3.32. The summed E-state index contributed by atoms with van der Waals surface area (Å²) in [6.07, 6.45) is -0.227. The van der Waals surface area contributed by atoms with Crippen LogP contribution < -0.4 is 5.32 Å². The maximum atomic E-state index is 5.25. The Morgan fingerprint density at radius 3 is 2.42 bits per heavy atom. The Hall–Kier alpha value is -1.42. The molecule has 3 heteroatoms. The zero-order valence-electron chi connectivity index (χ0n) is 11.7. The van der Waals surface area contributed by atoms with Gasteiger partial charge in [0, 0.05) is 20.8 Å². The van der Waals surface area contributed by atoms with Gasteiger partial charge in [-0.3, -0.25) is 0 Å². The highest BCUT2D eigenvalue weighted by molar-refractivity contribution is 5.85. The lowest BCUT2D eigenvalue weighted by molar-refractivity contribution is -0.119. The van der Waals surface area contributed by atoms with Crippen molar-refractivity contribution in [2.24, 2.45) is 0 Å². The zero-order chi connectivity index (χ0) is 13.7. The molecule has 0 saturated carbocycles. The van der Waals surface area contributed by atoms with Crippen molar-refractivity contribution in [1.29, 1.82) is 0 Å². The first-order valence-electron chi connectivity index (χ1n) is 6.52. The standard InChI is InChI=1S/C16H21NO2/c1-12(16(18-2)19-3)17-11-14-9-6-8-13-7-4-5-10-15(13)14/h4-10,12,16-17H,11H2,1-3H3. The molecule has 0 aliphatic rings. The monoisotopic (exact) mass is 259 g/mol. The van der Waals surface area contributed by atoms with Crippen molar-refractivity contribution in [3.63, 3.8) is 0 Å². The van der Waals surface area contributed by atoms with Gasteiger partial charge in [-0.25, -0.2) is 0 Å². The minimum absolute atomic E-state index is 0.133. The summed E-state index contributed by atoms with van der Waals surface area (Å²) >= 11 is 0. The lowest BCUT2D eigenvalue weighted by atomic mass is 10.0. The van der Waals surface area contributed by atoms with Crippen molar-refractivity contribution >= 4 is 10.8 Å². The molecule has 19 heavy (non-hydrogen) atoms. The molecule has 1 atom stereocenters. The van der Waals surface area contributed by atoms with Gasteiger partial charge in [-0.1, -0.05) is 42.5 Å². The van der Waals surface area contributed by atoms with Crippen LogP contribution >= 0.6 is 0 Å². The van der Waals surface area contributed by atoms with Crippen LogP contribution in [-0.2, 0) is 16.0 Å². The number of benzene rings is 2. The zero-order valence-corrected chi connectivity index (χ0v) is 11.7. The minimum atomic E-state index is -0.227. The molecule has 0 spiro atoms. The number of hydrogen-bond acceptors (Lipinski definition) is 3. The molecule has 0 amide bonds. The molecule has 2 rings (SSSR count). The molecule has 3 nitrogen and oxygen atoms in total. The number of fused-ring (bicyclic) bond motifs is 1. The maximum absolute atomic E-state index is 5.25. The number of hydrogen-bond donors (Lipinski definition) is 1. The Labute approximate surface area is 114 Å². The second-order valence-electron chi connectivity index (χ2n) is 4.65. The summed E-state index contributed by atoms with van der Waals surface area (Å²) in [5.74, 6) is 0. The summed E-state index contributed by atoms with van der Waals surface area (Å²) in [4.78, 5) is 0. The average molecular weight is 259 g/mol. The van der Waals surface area contributed by atoms with Crippen molar-refractivity contribution in [1.82, 2.24) is 5.32 Å². The molecule has 102 valence electrons. The van der Waals surface area contributed by atoms with E-state index in [9.17, 15) is 0 Å². The molecule has 0 heterocycles. The van der Waals surface area contributed by atoms with Gasteiger partial charge in [0.1, 0.15) is 0 Å². The van der Waals surface area contributed by atoms with Gasteiger partial charge < -0.3 is 14.8 Å². The van der Waals surface area contributed by atoms with E-state index in [1.165, 1.54) is 16.3 Å². The summed E-state index contributed by atoms with van der Waals surface area (Å²) in [7, 11) is 3.31. The van der Waals surface area contributed by atoms with Crippen molar-refractivity contribution in [2.75, 3.05) is 14.2 Å². The van der Waals surface area contributed by atoms with Gasteiger partial charge >= 0.3 is 0 Å². The fraction of sp³-hybridized carbons (Fsp3) is 0.375. The Balaban J connectivity index is 2.09. The van der Waals surface area contributed by atoms with Gasteiger partial charge in [0.05, 0.1) is 6.04 Å². The maximum Gasteiger partial charge on any atom is 0.171 e. The molecular formula is C16H21NO2. The molecule has 0 bridgehead atoms. The molecule has 2 aromatic rings. The second-order valence-corrected chi connectivity index (χ2v) is 4.65. The quantitative estimate of drug-likeness (QED) is 0.809. The summed E-state index contributed by atoms with van der Waals surface area (Å²) in [6.45, 7) is 2.86. The lowest BCUT2D eigenvalue weighted by Gasteiger charge is -2.22. The predicted molar refractivity (Wildman–Crippen MR) is 78.1 cm³/mol. The number of ether oxygens (including phenoxy) is 2. The molecular weight excluding hydrogens is 238 g/mol. The fourth-order valence-electron chi connectivity index (χ4n) is 2.32. The van der Waals surface area contributed by atoms with E-state index in [4.69, 9.17) is 9.47 Å². The van der Waals surface area contributed by atoms with Crippen LogP contribution in [0.4, 0.5) is 0 Å². The van der Waals surface area contributed by atoms with Crippen LogP contribution in [0.3, 0.4) is 0 Å². The predicted octanol–water partition coefficient (Wildman–Crippen LogP) is 2.94. The van der Waals surface area contributed by atoms with Crippen LogP contribution in [0.2, 0.25) is 0 Å². The number of methoxy groups -OCH3 is 2. The molecule has 0 saturated heterocycles. The van der Waals surface area contributed by atoms with E-state index in [0.29, 0.717) is 0 Å². The van der Waals surface area contributed by atoms with E-state index < -0.39 is 0 Å². The van der Waals surface area contributed by atoms with Crippen LogP contribution in [0.15, 0.2) is 42.5 Å². The minimum Gasteiger partial charge on any atom is -0.354 e.